The van der Waals surface area contributed by atoms with Crippen molar-refractivity contribution in [1.82, 2.24) is 10.2 Å². The summed E-state index contributed by atoms with van der Waals surface area (Å²) >= 11 is 0. The van der Waals surface area contributed by atoms with E-state index in [2.05, 4.69) is 23.1 Å². The van der Waals surface area contributed by atoms with Gasteiger partial charge in [0, 0.05) is 27.6 Å². The summed E-state index contributed by atoms with van der Waals surface area (Å²) < 4.78 is 5.15. The second kappa shape index (κ2) is 8.35. The molecule has 1 rings (SSSR count). The van der Waals surface area contributed by atoms with Gasteiger partial charge in [0.15, 0.2) is 0 Å². The number of nitrogens with zero attached hydrogens (tertiary/aromatic N) is 1. The molecule has 14 heavy (non-hydrogen) atoms. The van der Waals surface area contributed by atoms with Gasteiger partial charge in [-0.25, -0.2) is 4.79 Å². The lowest BCUT2D eigenvalue weighted by molar-refractivity contribution is 0.0385. The highest BCUT2D eigenvalue weighted by Crippen LogP contribution is 1.94. The number of carbonyl (C=O) groups is 1. The van der Waals surface area contributed by atoms with Gasteiger partial charge < -0.3 is 15.2 Å². The van der Waals surface area contributed by atoms with Gasteiger partial charge in [0.1, 0.15) is 0 Å². The van der Waals surface area contributed by atoms with Crippen molar-refractivity contribution in [1.29, 1.82) is 0 Å². The zero-order chi connectivity index (χ0) is 10.8. The summed E-state index contributed by atoms with van der Waals surface area (Å²) in [5.41, 5.74) is 0. The van der Waals surface area contributed by atoms with Crippen LogP contribution in [-0.2, 0) is 4.74 Å². The van der Waals surface area contributed by atoms with E-state index in [-0.39, 0.29) is 1.43 Å². The maximum Gasteiger partial charge on any atom is 0.404 e. The number of hydrogen-bond acceptors (Lipinski definition) is 3. The molecule has 0 spiro atoms. The van der Waals surface area contributed by atoms with E-state index >= 15 is 0 Å². The molecule has 5 nitrogen and oxygen atoms in total. The maximum atomic E-state index is 10.1. The first-order valence-electron chi connectivity index (χ1n) is 4.39. The monoisotopic (exact) mass is 202 g/mol. The molecule has 2 N–H and O–H groups in total. The largest absolute Gasteiger partial charge is 0.465 e. The number of morpholine rings is 1. The number of hydrogen-bond donors (Lipinski definition) is 2. The Balaban J connectivity index is 0. The van der Waals surface area contributed by atoms with Crippen molar-refractivity contribution >= 4 is 6.09 Å². The predicted octanol–water partition coefficient (Wildman–Crippen LogP) is 0.0816. The Labute approximate surface area is 85.5 Å². The third kappa shape index (κ3) is 6.29. The van der Waals surface area contributed by atoms with E-state index in [1.54, 1.807) is 0 Å². The van der Waals surface area contributed by atoms with Crippen molar-refractivity contribution in [2.45, 2.75) is 0 Å². The van der Waals surface area contributed by atoms with E-state index in [4.69, 9.17) is 9.84 Å². The second-order valence-corrected chi connectivity index (χ2v) is 2.69. The molecule has 5 heteroatoms. The number of terminal acetylenes is 1. The van der Waals surface area contributed by atoms with Crippen molar-refractivity contribution < 1.29 is 16.1 Å². The fraction of sp³-hybridized carbons (Fsp3) is 0.667. The van der Waals surface area contributed by atoms with Crippen LogP contribution in [0.25, 0.3) is 0 Å². The van der Waals surface area contributed by atoms with Crippen molar-refractivity contribution in [3.05, 3.63) is 0 Å². The first-order valence-corrected chi connectivity index (χ1v) is 4.39. The molecule has 82 valence electrons. The number of carboxylic acid groups (broad SMARTS) is 1. The highest BCUT2D eigenvalue weighted by atomic mass is 16.5. The van der Waals surface area contributed by atoms with E-state index in [0.717, 1.165) is 32.8 Å². The third-order valence-electron chi connectivity index (χ3n) is 1.81. The van der Waals surface area contributed by atoms with Crippen LogP contribution in [0.15, 0.2) is 0 Å². The van der Waals surface area contributed by atoms with Crippen LogP contribution in [0.2, 0.25) is 0 Å². The molecule has 1 saturated heterocycles. The van der Waals surface area contributed by atoms with Crippen LogP contribution in [-0.4, -0.2) is 55.5 Å². The normalized spacial score (nSPS) is 16.4. The maximum absolute atomic E-state index is 10.1. The van der Waals surface area contributed by atoms with Gasteiger partial charge in [-0.15, -0.1) is 12.8 Å². The van der Waals surface area contributed by atoms with Crippen LogP contribution in [0.4, 0.5) is 4.79 Å². The number of nitrogens with one attached hydrogen (secondary N) is 1. The second-order valence-electron chi connectivity index (χ2n) is 2.69. The summed E-state index contributed by atoms with van der Waals surface area (Å²) in [6.07, 6.45) is 7.04. The molecule has 1 fully saturated rings. The lowest BCUT2D eigenvalue weighted by Gasteiger charge is -2.26. The Morgan fingerprint density at radius 2 is 2.07 bits per heavy atom. The molecule has 0 bridgehead atoms. The molecule has 0 unspecified atom stereocenters. The van der Waals surface area contributed by atoms with Gasteiger partial charge >= 0.3 is 6.09 Å². The fourth-order valence-corrected chi connectivity index (χ4v) is 1.15. The summed E-state index contributed by atoms with van der Waals surface area (Å²) in [6.45, 7) is 4.59. The summed E-state index contributed by atoms with van der Waals surface area (Å²) in [6, 6.07) is 0. The number of ether oxygens (including phenoxy) is 1. The minimum absolute atomic E-state index is 0. The molecular formula is C9H18N2O3. The van der Waals surface area contributed by atoms with Crippen LogP contribution in [0, 0.1) is 12.8 Å². The van der Waals surface area contributed by atoms with E-state index in [9.17, 15) is 4.79 Å². The third-order valence-corrected chi connectivity index (χ3v) is 1.81. The van der Waals surface area contributed by atoms with Crippen LogP contribution in [0.1, 0.15) is 1.43 Å². The van der Waals surface area contributed by atoms with Crippen molar-refractivity contribution in [2.75, 3.05) is 39.4 Å². The van der Waals surface area contributed by atoms with Gasteiger partial charge in [0.2, 0.25) is 0 Å². The average molecular weight is 202 g/mol. The van der Waals surface area contributed by atoms with Crippen molar-refractivity contribution in [3.8, 4) is 12.8 Å². The molecular weight excluding hydrogens is 184 g/mol. The smallest absolute Gasteiger partial charge is 0.404 e. The topological polar surface area (TPSA) is 61.8 Å². The molecule has 1 amide bonds. The van der Waals surface area contributed by atoms with Gasteiger partial charge in [-0.05, 0) is 0 Å². The minimum Gasteiger partial charge on any atom is -0.465 e. The molecule has 1 aliphatic rings. The lowest BCUT2D eigenvalue weighted by atomic mass is 10.4. The zero-order valence-corrected chi connectivity index (χ0v) is 8.11. The molecule has 1 aliphatic heterocycles. The van der Waals surface area contributed by atoms with Crippen LogP contribution >= 0.6 is 0 Å². The van der Waals surface area contributed by atoms with Gasteiger partial charge in [-0.2, -0.15) is 0 Å². The molecule has 0 aromatic heterocycles. The Bertz CT molecular complexity index is 181. The molecule has 0 aliphatic carbocycles. The van der Waals surface area contributed by atoms with Crippen molar-refractivity contribution in [2.24, 2.45) is 0 Å². The van der Waals surface area contributed by atoms with Crippen molar-refractivity contribution in [3.63, 3.8) is 0 Å². The number of amides is 1. The first-order chi connectivity index (χ1) is 6.79. The summed E-state index contributed by atoms with van der Waals surface area (Å²) in [7, 11) is 0. The van der Waals surface area contributed by atoms with E-state index in [0.29, 0.717) is 6.54 Å². The number of rotatable bonds is 3. The summed E-state index contributed by atoms with van der Waals surface area (Å²) in [5.74, 6) is 0. The highest BCUT2D eigenvalue weighted by molar-refractivity contribution is 5.64. The highest BCUT2D eigenvalue weighted by Gasteiger charge is 2.09. The Morgan fingerprint density at radius 1 is 1.50 bits per heavy atom. The Morgan fingerprint density at radius 3 is 2.57 bits per heavy atom. The zero-order valence-electron chi connectivity index (χ0n) is 8.11. The molecule has 0 atom stereocenters. The molecule has 0 aromatic carbocycles. The van der Waals surface area contributed by atoms with Gasteiger partial charge in [-0.1, -0.05) is 0 Å². The van der Waals surface area contributed by atoms with Crippen LogP contribution in [0.3, 0.4) is 0 Å². The van der Waals surface area contributed by atoms with E-state index < -0.39 is 6.09 Å². The fourth-order valence-electron chi connectivity index (χ4n) is 1.15. The summed E-state index contributed by atoms with van der Waals surface area (Å²) in [4.78, 5) is 12.3. The molecule has 0 aromatic rings. The van der Waals surface area contributed by atoms with Gasteiger partial charge in [0.05, 0.1) is 13.2 Å². The molecule has 0 saturated carbocycles. The van der Waals surface area contributed by atoms with Gasteiger partial charge in [0.25, 0.3) is 0 Å². The standard InChI is InChI=1S/C7H14N2O3.C2H2.H2/c10-7(11)8-1-2-9-3-5-12-6-4-9;1-2;/h8H,1-6H2,(H,10,11);1-2H;1H. The predicted molar refractivity (Wildman–Crippen MR) is 55.3 cm³/mol. The van der Waals surface area contributed by atoms with E-state index in [1.165, 1.54) is 0 Å². The van der Waals surface area contributed by atoms with Crippen LogP contribution < -0.4 is 5.32 Å². The Kier molecular flexibility index (Phi) is 7.61. The lowest BCUT2D eigenvalue weighted by Crippen LogP contribution is -2.41. The van der Waals surface area contributed by atoms with E-state index in [1.807, 2.05) is 0 Å². The quantitative estimate of drug-likeness (QED) is 0.636. The first kappa shape index (κ1) is 12.8. The SMILES string of the molecule is C#C.O=C(O)NCCN1CCOCC1.[HH]. The summed E-state index contributed by atoms with van der Waals surface area (Å²) in [5, 5.41) is 10.6. The van der Waals surface area contributed by atoms with Gasteiger partial charge in [-0.3, -0.25) is 4.90 Å². The Hall–Kier alpha value is -1.25. The van der Waals surface area contributed by atoms with Crippen LogP contribution in [0.5, 0.6) is 0 Å². The average Bonchev–Trinajstić information content (AvgIpc) is 2.22. The molecule has 0 radical (unpaired) electrons. The minimum atomic E-state index is -0.955. The molecule has 1 heterocycles.